The smallest absolute Gasteiger partial charge is 0.251 e. The summed E-state index contributed by atoms with van der Waals surface area (Å²) in [5.41, 5.74) is 10.9. The van der Waals surface area contributed by atoms with Crippen molar-refractivity contribution < 1.29 is 4.79 Å². The van der Waals surface area contributed by atoms with Gasteiger partial charge in [0.1, 0.15) is 5.54 Å². The van der Waals surface area contributed by atoms with Gasteiger partial charge >= 0.3 is 0 Å². The van der Waals surface area contributed by atoms with E-state index in [-0.39, 0.29) is 11.9 Å². The van der Waals surface area contributed by atoms with Gasteiger partial charge in [0.05, 0.1) is 24.4 Å². The first-order valence-corrected chi connectivity index (χ1v) is 13.4. The lowest BCUT2D eigenvalue weighted by molar-refractivity contribution is 0.0951. The number of carbonyl (C=O) groups excluding carboxylic acids is 1. The summed E-state index contributed by atoms with van der Waals surface area (Å²) in [6.07, 6.45) is 8.55. The number of guanidine groups is 1. The molecular formula is C30H32N10O. The van der Waals surface area contributed by atoms with Crippen molar-refractivity contribution in [1.29, 1.82) is 5.26 Å². The minimum atomic E-state index is -0.395. The van der Waals surface area contributed by atoms with Gasteiger partial charge in [0.15, 0.2) is 11.8 Å². The van der Waals surface area contributed by atoms with Gasteiger partial charge in [-0.3, -0.25) is 14.5 Å². The third-order valence-electron chi connectivity index (χ3n) is 7.09. The van der Waals surface area contributed by atoms with Gasteiger partial charge in [0.2, 0.25) is 0 Å². The highest BCUT2D eigenvalue weighted by atomic mass is 16.1. The number of nitriles is 1. The number of nitrogens with one attached hydrogen (secondary N) is 2. The van der Waals surface area contributed by atoms with Gasteiger partial charge in [0, 0.05) is 55.2 Å². The summed E-state index contributed by atoms with van der Waals surface area (Å²) < 4.78 is 1.92. The molecule has 1 aliphatic heterocycles. The van der Waals surface area contributed by atoms with Crippen LogP contribution in [0.4, 0.5) is 17.2 Å². The number of pyridine rings is 2. The summed E-state index contributed by atoms with van der Waals surface area (Å²) in [6, 6.07) is 16.9. The fourth-order valence-electron chi connectivity index (χ4n) is 4.73. The summed E-state index contributed by atoms with van der Waals surface area (Å²) in [6.45, 7) is 5.62. The van der Waals surface area contributed by atoms with Gasteiger partial charge < -0.3 is 21.3 Å². The predicted octanol–water partition coefficient (Wildman–Crippen LogP) is 3.66. The molecule has 0 unspecified atom stereocenters. The first kappa shape index (κ1) is 27.3. The molecule has 208 valence electrons. The highest BCUT2D eigenvalue weighted by Gasteiger charge is 2.46. The van der Waals surface area contributed by atoms with Gasteiger partial charge in [-0.15, -0.1) is 0 Å². The van der Waals surface area contributed by atoms with Crippen LogP contribution in [0.5, 0.6) is 0 Å². The molecule has 11 heteroatoms. The molecule has 0 bridgehead atoms. The van der Waals surface area contributed by atoms with E-state index in [1.54, 1.807) is 36.7 Å². The molecule has 1 aliphatic rings. The number of hydrogen-bond donors (Lipinski definition) is 3. The van der Waals surface area contributed by atoms with Crippen LogP contribution >= 0.6 is 0 Å². The number of nitrogens with two attached hydrogens (primary N) is 1. The maximum atomic E-state index is 12.6. The van der Waals surface area contributed by atoms with Crippen LogP contribution in [0.15, 0.2) is 78.3 Å². The maximum absolute atomic E-state index is 12.6. The Bertz CT molecular complexity index is 1580. The third-order valence-corrected chi connectivity index (χ3v) is 7.09. The molecule has 4 N–H and O–H groups in total. The largest absolute Gasteiger partial charge is 0.369 e. The van der Waals surface area contributed by atoms with Crippen molar-refractivity contribution in [3.63, 3.8) is 0 Å². The van der Waals surface area contributed by atoms with Crippen molar-refractivity contribution in [2.24, 2.45) is 10.7 Å². The number of aromatic nitrogens is 4. The van der Waals surface area contributed by atoms with Gasteiger partial charge in [-0.2, -0.15) is 15.4 Å². The number of carbonyl (C=O) groups is 1. The monoisotopic (exact) mass is 548 g/mol. The SMILES string of the molecule is CCc1cnn(C2(CC#N)CN(c3cccnc3/N=C(\N)Nc3ccc(C(=O)NCc4ccc(C)nc4)cc3)C2)c1. The average molecular weight is 549 g/mol. The van der Waals surface area contributed by atoms with Gasteiger partial charge in [-0.25, -0.2) is 4.98 Å². The lowest BCUT2D eigenvalue weighted by atomic mass is 9.86. The van der Waals surface area contributed by atoms with Crippen LogP contribution in [0, 0.1) is 18.3 Å². The molecule has 5 rings (SSSR count). The topological polar surface area (TPSA) is 150 Å². The van der Waals surface area contributed by atoms with E-state index in [0.717, 1.165) is 28.9 Å². The lowest BCUT2D eigenvalue weighted by Gasteiger charge is -2.50. The van der Waals surface area contributed by atoms with Crippen molar-refractivity contribution in [2.75, 3.05) is 23.3 Å². The van der Waals surface area contributed by atoms with Crippen molar-refractivity contribution in [3.05, 3.63) is 95.7 Å². The molecule has 41 heavy (non-hydrogen) atoms. The molecule has 1 fully saturated rings. The molecule has 11 nitrogen and oxygen atoms in total. The first-order chi connectivity index (χ1) is 19.9. The Morgan fingerprint density at radius 2 is 1.93 bits per heavy atom. The van der Waals surface area contributed by atoms with E-state index < -0.39 is 5.54 Å². The average Bonchev–Trinajstić information content (AvgIpc) is 3.45. The number of rotatable bonds is 9. The van der Waals surface area contributed by atoms with Crippen LogP contribution in [-0.2, 0) is 18.5 Å². The van der Waals surface area contributed by atoms with Crippen LogP contribution in [0.2, 0.25) is 0 Å². The van der Waals surface area contributed by atoms with E-state index in [9.17, 15) is 10.1 Å². The van der Waals surface area contributed by atoms with E-state index >= 15 is 0 Å². The highest BCUT2D eigenvalue weighted by molar-refractivity contribution is 5.97. The number of aryl methyl sites for hydroxylation is 2. The Morgan fingerprint density at radius 1 is 1.12 bits per heavy atom. The Morgan fingerprint density at radius 3 is 2.61 bits per heavy atom. The van der Waals surface area contributed by atoms with Gasteiger partial charge in [0.25, 0.3) is 5.91 Å². The summed E-state index contributed by atoms with van der Waals surface area (Å²) in [4.78, 5) is 27.9. The molecule has 0 aliphatic carbocycles. The zero-order valence-corrected chi connectivity index (χ0v) is 23.1. The molecule has 0 radical (unpaired) electrons. The van der Waals surface area contributed by atoms with Crippen LogP contribution in [0.1, 0.15) is 40.5 Å². The van der Waals surface area contributed by atoms with Crippen molar-refractivity contribution in [3.8, 4) is 6.07 Å². The highest BCUT2D eigenvalue weighted by Crippen LogP contribution is 2.39. The number of benzene rings is 1. The van der Waals surface area contributed by atoms with E-state index in [1.165, 1.54) is 0 Å². The Balaban J connectivity index is 1.22. The van der Waals surface area contributed by atoms with E-state index in [1.807, 2.05) is 48.3 Å². The second-order valence-electron chi connectivity index (χ2n) is 10.1. The molecule has 0 saturated carbocycles. The molecule has 4 aromatic rings. The van der Waals surface area contributed by atoms with Crippen molar-refractivity contribution in [2.45, 2.75) is 38.8 Å². The zero-order chi connectivity index (χ0) is 28.8. The number of hydrogen-bond acceptors (Lipinski definition) is 7. The Hall–Kier alpha value is -5.24. The quantitative estimate of drug-likeness (QED) is 0.212. The zero-order valence-electron chi connectivity index (χ0n) is 23.1. The minimum Gasteiger partial charge on any atom is -0.369 e. The first-order valence-electron chi connectivity index (χ1n) is 13.4. The molecule has 0 atom stereocenters. The number of aliphatic imine (C=N–C) groups is 1. The fourth-order valence-corrected chi connectivity index (χ4v) is 4.73. The molecule has 3 aromatic heterocycles. The van der Waals surface area contributed by atoms with Crippen LogP contribution in [0.25, 0.3) is 0 Å². The normalized spacial score (nSPS) is 14.2. The standard InChI is InChI=1S/C30H32N10O/c1-3-22-17-36-40(18-22)30(12-13-31)19-39(20-30)26-5-4-14-33-27(26)38-29(32)37-25-10-8-24(9-11-25)28(41)35-16-23-7-6-21(2)34-15-23/h4-11,14-15,17-18H,3,12,16,19-20H2,1-2H3,(H,35,41)(H3,32,33,37,38). The van der Waals surface area contributed by atoms with Gasteiger partial charge in [-0.1, -0.05) is 13.0 Å². The van der Waals surface area contributed by atoms with Crippen LogP contribution in [-0.4, -0.2) is 44.7 Å². The summed E-state index contributed by atoms with van der Waals surface area (Å²) in [5, 5.41) is 20.0. The molecule has 0 spiro atoms. The van der Waals surface area contributed by atoms with E-state index in [2.05, 4.69) is 48.6 Å². The Labute approximate surface area is 238 Å². The van der Waals surface area contributed by atoms with Crippen molar-refractivity contribution >= 4 is 29.1 Å². The molecule has 1 saturated heterocycles. The molecule has 1 aromatic carbocycles. The summed E-state index contributed by atoms with van der Waals surface area (Å²) >= 11 is 0. The number of amides is 1. The summed E-state index contributed by atoms with van der Waals surface area (Å²) in [5.74, 6) is 0.455. The number of anilines is 2. The fraction of sp³-hybridized carbons (Fsp3) is 0.267. The van der Waals surface area contributed by atoms with Crippen molar-refractivity contribution in [1.82, 2.24) is 25.1 Å². The van der Waals surface area contributed by atoms with Gasteiger partial charge in [-0.05, 0) is 66.9 Å². The third kappa shape index (κ3) is 6.17. The second kappa shape index (κ2) is 11.9. The minimum absolute atomic E-state index is 0.164. The molecular weight excluding hydrogens is 516 g/mol. The summed E-state index contributed by atoms with van der Waals surface area (Å²) in [7, 11) is 0. The van der Waals surface area contributed by atoms with Crippen LogP contribution in [0.3, 0.4) is 0 Å². The molecule has 1 amide bonds. The molecule has 4 heterocycles. The Kier molecular flexibility index (Phi) is 7.92. The van der Waals surface area contributed by atoms with Crippen LogP contribution < -0.4 is 21.3 Å². The predicted molar refractivity (Wildman–Crippen MR) is 158 cm³/mol. The second-order valence-corrected chi connectivity index (χ2v) is 10.1. The maximum Gasteiger partial charge on any atom is 0.251 e. The van der Waals surface area contributed by atoms with E-state index in [4.69, 9.17) is 5.73 Å². The number of nitrogens with zero attached hydrogens (tertiary/aromatic N) is 7. The van der Waals surface area contributed by atoms with E-state index in [0.29, 0.717) is 43.1 Å². The lowest BCUT2D eigenvalue weighted by Crippen LogP contribution is -2.63.